The molecule has 2 heterocycles. The van der Waals surface area contributed by atoms with E-state index in [1.54, 1.807) is 24.5 Å². The zero-order chi connectivity index (χ0) is 18.8. The highest BCUT2D eigenvalue weighted by atomic mass is 16.2. The lowest BCUT2D eigenvalue weighted by molar-refractivity contribution is -0.122. The predicted molar refractivity (Wildman–Crippen MR) is 107 cm³/mol. The average Bonchev–Trinajstić information content (AvgIpc) is 2.70. The molecule has 2 aromatic carbocycles. The third kappa shape index (κ3) is 3.44. The van der Waals surface area contributed by atoms with E-state index in [-0.39, 0.29) is 24.1 Å². The fourth-order valence-electron chi connectivity index (χ4n) is 3.23. The van der Waals surface area contributed by atoms with Gasteiger partial charge in [0, 0.05) is 17.8 Å². The minimum absolute atomic E-state index is 0.0384. The Kier molecular flexibility index (Phi) is 4.42. The summed E-state index contributed by atoms with van der Waals surface area (Å²) in [6.45, 7) is 1.90. The van der Waals surface area contributed by atoms with Gasteiger partial charge in [0.2, 0.25) is 5.91 Å². The van der Waals surface area contributed by atoms with E-state index >= 15 is 0 Å². The van der Waals surface area contributed by atoms with E-state index < -0.39 is 0 Å². The molecule has 1 N–H and O–H groups in total. The molecule has 0 bridgehead atoms. The van der Waals surface area contributed by atoms with Crippen LogP contribution in [-0.4, -0.2) is 15.5 Å². The molecule has 0 saturated carbocycles. The van der Waals surface area contributed by atoms with Crippen molar-refractivity contribution in [1.82, 2.24) is 14.9 Å². The van der Waals surface area contributed by atoms with Crippen molar-refractivity contribution in [2.24, 2.45) is 0 Å². The Bertz CT molecular complexity index is 1200. The van der Waals surface area contributed by atoms with E-state index in [0.29, 0.717) is 5.52 Å². The van der Waals surface area contributed by atoms with Crippen molar-refractivity contribution in [2.45, 2.75) is 19.5 Å². The number of pyridine rings is 2. The fraction of sp³-hybridized carbons (Fsp3) is 0.136. The molecular weight excluding hydrogens is 338 g/mol. The number of fused-ring (bicyclic) bond motifs is 2. The van der Waals surface area contributed by atoms with Gasteiger partial charge in [0.15, 0.2) is 0 Å². The van der Waals surface area contributed by atoms with E-state index in [1.165, 1.54) is 4.57 Å². The second kappa shape index (κ2) is 7.03. The molecule has 0 spiro atoms. The molecule has 0 radical (unpaired) electrons. The van der Waals surface area contributed by atoms with Crippen LogP contribution >= 0.6 is 0 Å². The molecule has 5 nitrogen and oxygen atoms in total. The summed E-state index contributed by atoms with van der Waals surface area (Å²) >= 11 is 0. The summed E-state index contributed by atoms with van der Waals surface area (Å²) in [6.07, 6.45) is 3.21. The van der Waals surface area contributed by atoms with Gasteiger partial charge in [0.25, 0.3) is 5.56 Å². The zero-order valence-electron chi connectivity index (χ0n) is 14.9. The van der Waals surface area contributed by atoms with Crippen LogP contribution in [0.5, 0.6) is 0 Å². The van der Waals surface area contributed by atoms with Crippen LogP contribution < -0.4 is 10.9 Å². The highest BCUT2D eigenvalue weighted by molar-refractivity contribution is 5.83. The molecule has 1 atom stereocenters. The lowest BCUT2D eigenvalue weighted by Gasteiger charge is -2.16. The van der Waals surface area contributed by atoms with Gasteiger partial charge in [0.05, 0.1) is 6.04 Å². The molecule has 0 aliphatic carbocycles. The second-order valence-corrected chi connectivity index (χ2v) is 6.59. The first kappa shape index (κ1) is 17.0. The predicted octanol–water partition coefficient (Wildman–Crippen LogP) is 3.43. The Morgan fingerprint density at radius 1 is 1.04 bits per heavy atom. The maximum atomic E-state index is 12.5. The molecule has 0 aliphatic heterocycles. The summed E-state index contributed by atoms with van der Waals surface area (Å²) in [4.78, 5) is 29.1. The number of nitrogens with one attached hydrogen (secondary N) is 1. The van der Waals surface area contributed by atoms with E-state index in [9.17, 15) is 9.59 Å². The van der Waals surface area contributed by atoms with E-state index in [4.69, 9.17) is 0 Å². The van der Waals surface area contributed by atoms with Crippen LogP contribution in [0.3, 0.4) is 0 Å². The molecule has 134 valence electrons. The number of amides is 1. The fourth-order valence-corrected chi connectivity index (χ4v) is 3.23. The lowest BCUT2D eigenvalue weighted by atomic mass is 10.0. The van der Waals surface area contributed by atoms with Crippen molar-refractivity contribution in [1.29, 1.82) is 0 Å². The van der Waals surface area contributed by atoms with Crippen molar-refractivity contribution >= 4 is 27.6 Å². The Balaban J connectivity index is 1.51. The van der Waals surface area contributed by atoms with Gasteiger partial charge in [-0.15, -0.1) is 0 Å². The van der Waals surface area contributed by atoms with E-state index in [0.717, 1.165) is 21.7 Å². The third-order valence-corrected chi connectivity index (χ3v) is 4.70. The van der Waals surface area contributed by atoms with Gasteiger partial charge in [-0.1, -0.05) is 42.5 Å². The summed E-state index contributed by atoms with van der Waals surface area (Å²) in [5.41, 5.74) is 1.13. The van der Waals surface area contributed by atoms with Gasteiger partial charge < -0.3 is 9.88 Å². The number of hydrogen-bond donors (Lipinski definition) is 1. The Hall–Kier alpha value is -3.47. The summed E-state index contributed by atoms with van der Waals surface area (Å²) < 4.78 is 1.39. The van der Waals surface area contributed by atoms with Crippen LogP contribution in [-0.2, 0) is 11.3 Å². The van der Waals surface area contributed by atoms with E-state index in [2.05, 4.69) is 28.5 Å². The third-order valence-electron chi connectivity index (χ3n) is 4.70. The molecule has 0 fully saturated rings. The quantitative estimate of drug-likeness (QED) is 0.609. The molecule has 27 heavy (non-hydrogen) atoms. The minimum atomic E-state index is -0.262. The maximum absolute atomic E-state index is 12.5. The summed E-state index contributed by atoms with van der Waals surface area (Å²) in [5.74, 6) is -0.215. The smallest absolute Gasteiger partial charge is 0.277 e. The first-order valence-electron chi connectivity index (χ1n) is 8.84. The van der Waals surface area contributed by atoms with Crippen LogP contribution in [0.4, 0.5) is 0 Å². The number of aromatic nitrogens is 2. The maximum Gasteiger partial charge on any atom is 0.277 e. The van der Waals surface area contributed by atoms with Crippen LogP contribution in [0.1, 0.15) is 18.5 Å². The first-order chi connectivity index (χ1) is 13.1. The summed E-state index contributed by atoms with van der Waals surface area (Å²) in [5, 5.41) is 6.03. The normalized spacial score (nSPS) is 12.2. The van der Waals surface area contributed by atoms with Crippen LogP contribution in [0, 0.1) is 0 Å². The Labute approximate surface area is 156 Å². The molecule has 5 heteroatoms. The number of hydrogen-bond acceptors (Lipinski definition) is 3. The SMILES string of the molecule is C[C@H](NC(=O)Cn1ccc2cccnc2c1=O)c1ccc2ccccc2c1. The second-order valence-electron chi connectivity index (χ2n) is 6.59. The Morgan fingerprint density at radius 2 is 1.81 bits per heavy atom. The average molecular weight is 357 g/mol. The van der Waals surface area contributed by atoms with Crippen LogP contribution in [0.25, 0.3) is 21.7 Å². The number of carbonyl (C=O) groups excluding carboxylic acids is 1. The molecule has 0 aliphatic rings. The van der Waals surface area contributed by atoms with Gasteiger partial charge in [0.1, 0.15) is 12.1 Å². The van der Waals surface area contributed by atoms with E-state index in [1.807, 2.05) is 37.3 Å². The minimum Gasteiger partial charge on any atom is -0.348 e. The van der Waals surface area contributed by atoms with Gasteiger partial charge in [-0.3, -0.25) is 14.6 Å². The first-order valence-corrected chi connectivity index (χ1v) is 8.84. The van der Waals surface area contributed by atoms with Crippen molar-refractivity contribution < 1.29 is 4.79 Å². The van der Waals surface area contributed by atoms with Crippen LogP contribution in [0.2, 0.25) is 0 Å². The van der Waals surface area contributed by atoms with Crippen molar-refractivity contribution in [3.8, 4) is 0 Å². The number of nitrogens with zero attached hydrogens (tertiary/aromatic N) is 2. The molecule has 0 unspecified atom stereocenters. The Morgan fingerprint density at radius 3 is 2.67 bits per heavy atom. The van der Waals surface area contributed by atoms with Crippen LogP contribution in [0.15, 0.2) is 77.9 Å². The van der Waals surface area contributed by atoms with Crippen molar-refractivity contribution in [2.75, 3.05) is 0 Å². The topological polar surface area (TPSA) is 64.0 Å². The number of benzene rings is 2. The molecule has 4 rings (SSSR count). The summed E-state index contributed by atoms with van der Waals surface area (Å²) in [6, 6.07) is 19.5. The van der Waals surface area contributed by atoms with Gasteiger partial charge in [-0.05, 0) is 41.5 Å². The molecule has 4 aromatic rings. The largest absolute Gasteiger partial charge is 0.348 e. The molecule has 2 aromatic heterocycles. The van der Waals surface area contributed by atoms with Crippen molar-refractivity contribution in [3.63, 3.8) is 0 Å². The zero-order valence-corrected chi connectivity index (χ0v) is 14.9. The number of rotatable bonds is 4. The standard InChI is InChI=1S/C22H19N3O2/c1-15(18-9-8-16-5-2-3-6-19(16)13-18)24-20(26)14-25-12-10-17-7-4-11-23-21(17)22(25)27/h2-13,15H,14H2,1H3,(H,24,26)/t15-/m0/s1. The molecule has 0 saturated heterocycles. The monoisotopic (exact) mass is 357 g/mol. The molecule has 1 amide bonds. The van der Waals surface area contributed by atoms with Gasteiger partial charge in [-0.25, -0.2) is 0 Å². The van der Waals surface area contributed by atoms with Gasteiger partial charge in [-0.2, -0.15) is 0 Å². The van der Waals surface area contributed by atoms with Gasteiger partial charge >= 0.3 is 0 Å². The summed E-state index contributed by atoms with van der Waals surface area (Å²) in [7, 11) is 0. The highest BCUT2D eigenvalue weighted by Gasteiger charge is 2.12. The highest BCUT2D eigenvalue weighted by Crippen LogP contribution is 2.20. The molecular formula is C22H19N3O2. The number of carbonyl (C=O) groups is 1. The van der Waals surface area contributed by atoms with Crippen molar-refractivity contribution in [3.05, 3.63) is 89.0 Å². The lowest BCUT2D eigenvalue weighted by Crippen LogP contribution is -2.33.